The number of anilines is 1. The average Bonchev–Trinajstić information content (AvgIpc) is 3.46. The number of carbonyl (C=O) groups is 3. The highest BCUT2D eigenvalue weighted by molar-refractivity contribution is 7.17. The quantitative estimate of drug-likeness (QED) is 0.0733. The number of thiazole rings is 1. The molecule has 0 aliphatic carbocycles. The maximum Gasteiger partial charge on any atom is 0.350 e. The van der Waals surface area contributed by atoms with E-state index in [1.807, 2.05) is 25.1 Å². The smallest absolute Gasteiger partial charge is 0.350 e. The Morgan fingerprint density at radius 2 is 1.90 bits per heavy atom. The van der Waals surface area contributed by atoms with Crippen LogP contribution in [-0.4, -0.2) is 41.0 Å². The van der Waals surface area contributed by atoms with Gasteiger partial charge in [-0.2, -0.15) is 0 Å². The summed E-state index contributed by atoms with van der Waals surface area (Å²) in [5.41, 5.74) is 2.24. The molecule has 1 amide bonds. The Bertz CT molecular complexity index is 1460. The van der Waals surface area contributed by atoms with E-state index in [0.29, 0.717) is 29.2 Å². The molecule has 208 valence electrons. The van der Waals surface area contributed by atoms with Crippen molar-refractivity contribution in [2.75, 3.05) is 18.1 Å². The van der Waals surface area contributed by atoms with Crippen LogP contribution in [0.3, 0.4) is 0 Å². The highest BCUT2D eigenvalue weighted by Gasteiger charge is 2.48. The molecule has 9 heteroatoms. The van der Waals surface area contributed by atoms with Crippen molar-refractivity contribution in [2.24, 2.45) is 0 Å². The van der Waals surface area contributed by atoms with Crippen LogP contribution in [0.25, 0.3) is 5.76 Å². The molecule has 3 aromatic rings. The van der Waals surface area contributed by atoms with Gasteiger partial charge in [0.1, 0.15) is 23.0 Å². The van der Waals surface area contributed by atoms with Crippen molar-refractivity contribution in [2.45, 2.75) is 46.1 Å². The van der Waals surface area contributed by atoms with Gasteiger partial charge in [-0.1, -0.05) is 85.7 Å². The summed E-state index contributed by atoms with van der Waals surface area (Å²) in [5, 5.41) is 11.5. The second kappa shape index (κ2) is 12.7. The molecule has 1 saturated heterocycles. The summed E-state index contributed by atoms with van der Waals surface area (Å²) in [5.74, 6) is -2.01. The molecule has 0 saturated carbocycles. The minimum atomic E-state index is -0.997. The van der Waals surface area contributed by atoms with Crippen LogP contribution in [0.5, 0.6) is 5.75 Å². The van der Waals surface area contributed by atoms with Crippen LogP contribution >= 0.6 is 11.3 Å². The Kier molecular flexibility index (Phi) is 9.16. The van der Waals surface area contributed by atoms with E-state index in [1.54, 1.807) is 37.3 Å². The SMILES string of the molecule is C=CCOC(=O)c1sc(N2C(=O)C(=O)/C(=C(/O)c3ccc(C)cc3)C2c2cccc(OCCCCC)c2)nc1C. The first-order valence-corrected chi connectivity index (χ1v) is 13.9. The van der Waals surface area contributed by atoms with Gasteiger partial charge in [0.25, 0.3) is 5.78 Å². The number of aliphatic hydroxyl groups is 1. The number of aliphatic hydroxyl groups excluding tert-OH is 1. The summed E-state index contributed by atoms with van der Waals surface area (Å²) in [6, 6.07) is 13.1. The predicted octanol–water partition coefficient (Wildman–Crippen LogP) is 6.30. The number of aryl methyl sites for hydroxylation is 2. The van der Waals surface area contributed by atoms with Crippen molar-refractivity contribution in [3.63, 3.8) is 0 Å². The molecule has 1 aliphatic heterocycles. The van der Waals surface area contributed by atoms with Gasteiger partial charge in [-0.05, 0) is 38.0 Å². The average molecular weight is 561 g/mol. The number of unbranched alkanes of at least 4 members (excludes halogenated alkanes) is 2. The van der Waals surface area contributed by atoms with Crippen LogP contribution < -0.4 is 9.64 Å². The van der Waals surface area contributed by atoms with Gasteiger partial charge in [-0.3, -0.25) is 14.5 Å². The topological polar surface area (TPSA) is 106 Å². The molecule has 40 heavy (non-hydrogen) atoms. The van der Waals surface area contributed by atoms with Gasteiger partial charge in [-0.15, -0.1) is 0 Å². The number of hydrogen-bond donors (Lipinski definition) is 1. The highest BCUT2D eigenvalue weighted by Crippen LogP contribution is 2.44. The standard InChI is InChI=1S/C31H32N2O6S/c1-5-7-8-17-38-23-11-9-10-22(18-23)25-24(26(34)21-14-12-19(3)13-15-21)27(35)29(36)33(25)31-32-20(4)28(40-31)30(37)39-16-6-2/h6,9-15,18,25,34H,2,5,7-8,16-17H2,1,3-4H3/b26-24+. The van der Waals surface area contributed by atoms with Crippen molar-refractivity contribution in [3.05, 3.63) is 94.0 Å². The lowest BCUT2D eigenvalue weighted by atomic mass is 9.95. The van der Waals surface area contributed by atoms with E-state index in [1.165, 1.54) is 11.0 Å². The van der Waals surface area contributed by atoms with E-state index < -0.39 is 23.7 Å². The fourth-order valence-corrected chi connectivity index (χ4v) is 5.39. The molecular weight excluding hydrogens is 528 g/mol. The van der Waals surface area contributed by atoms with Crippen molar-refractivity contribution >= 4 is 39.9 Å². The number of ketones is 1. The number of rotatable bonds is 11. The second-order valence-corrected chi connectivity index (χ2v) is 10.4. The summed E-state index contributed by atoms with van der Waals surface area (Å²) in [4.78, 5) is 45.5. The molecule has 2 heterocycles. The van der Waals surface area contributed by atoms with Gasteiger partial charge in [0.2, 0.25) is 0 Å². The number of amides is 1. The third-order valence-electron chi connectivity index (χ3n) is 6.47. The number of ether oxygens (including phenoxy) is 2. The Balaban J connectivity index is 1.83. The van der Waals surface area contributed by atoms with Crippen molar-refractivity contribution in [1.82, 2.24) is 4.98 Å². The molecule has 1 aromatic heterocycles. The third kappa shape index (κ3) is 5.99. The molecular formula is C31H32N2O6S. The number of aromatic nitrogens is 1. The number of benzene rings is 2. The van der Waals surface area contributed by atoms with E-state index in [0.717, 1.165) is 36.2 Å². The summed E-state index contributed by atoms with van der Waals surface area (Å²) >= 11 is 0.952. The lowest BCUT2D eigenvalue weighted by Gasteiger charge is -2.23. The fraction of sp³-hybridized carbons (Fsp3) is 0.290. The first-order valence-electron chi connectivity index (χ1n) is 13.1. The second-order valence-electron chi connectivity index (χ2n) is 9.46. The van der Waals surface area contributed by atoms with E-state index in [2.05, 4.69) is 18.5 Å². The minimum absolute atomic E-state index is 0.0254. The zero-order valence-electron chi connectivity index (χ0n) is 22.8. The zero-order chi connectivity index (χ0) is 28.8. The Hall–Kier alpha value is -4.24. The molecule has 1 N–H and O–H groups in total. The van der Waals surface area contributed by atoms with Gasteiger partial charge in [0.15, 0.2) is 5.13 Å². The number of hydrogen-bond acceptors (Lipinski definition) is 8. The molecule has 4 rings (SSSR count). The third-order valence-corrected chi connectivity index (χ3v) is 7.61. The summed E-state index contributed by atoms with van der Waals surface area (Å²) < 4.78 is 11.1. The number of esters is 1. The van der Waals surface area contributed by atoms with Crippen LogP contribution in [0.2, 0.25) is 0 Å². The molecule has 1 atom stereocenters. The van der Waals surface area contributed by atoms with E-state index in [4.69, 9.17) is 9.47 Å². The fourth-order valence-electron chi connectivity index (χ4n) is 4.40. The molecule has 8 nitrogen and oxygen atoms in total. The van der Waals surface area contributed by atoms with Gasteiger partial charge < -0.3 is 14.6 Å². The largest absolute Gasteiger partial charge is 0.507 e. The van der Waals surface area contributed by atoms with Crippen LogP contribution in [0.15, 0.2) is 66.8 Å². The van der Waals surface area contributed by atoms with E-state index in [-0.39, 0.29) is 27.9 Å². The predicted molar refractivity (Wildman–Crippen MR) is 155 cm³/mol. The summed E-state index contributed by atoms with van der Waals surface area (Å²) in [6.45, 7) is 9.76. The van der Waals surface area contributed by atoms with Crippen LogP contribution in [0.1, 0.15) is 64.3 Å². The molecule has 0 bridgehead atoms. The molecule has 1 aliphatic rings. The van der Waals surface area contributed by atoms with Crippen molar-refractivity contribution in [1.29, 1.82) is 0 Å². The summed E-state index contributed by atoms with van der Waals surface area (Å²) in [7, 11) is 0. The van der Waals surface area contributed by atoms with E-state index in [9.17, 15) is 19.5 Å². The molecule has 0 radical (unpaired) electrons. The summed E-state index contributed by atoms with van der Waals surface area (Å²) in [6.07, 6.45) is 4.46. The van der Waals surface area contributed by atoms with Crippen LogP contribution in [-0.2, 0) is 14.3 Å². The highest BCUT2D eigenvalue weighted by atomic mass is 32.1. The lowest BCUT2D eigenvalue weighted by molar-refractivity contribution is -0.132. The first kappa shape index (κ1) is 28.8. The maximum atomic E-state index is 13.5. The van der Waals surface area contributed by atoms with Crippen LogP contribution in [0, 0.1) is 13.8 Å². The lowest BCUT2D eigenvalue weighted by Crippen LogP contribution is -2.29. The van der Waals surface area contributed by atoms with Gasteiger partial charge in [0, 0.05) is 5.56 Å². The molecule has 0 spiro atoms. The Morgan fingerprint density at radius 1 is 1.15 bits per heavy atom. The van der Waals surface area contributed by atoms with Gasteiger partial charge >= 0.3 is 11.9 Å². The molecule has 1 fully saturated rings. The van der Waals surface area contributed by atoms with Gasteiger partial charge in [0.05, 0.1) is 23.9 Å². The normalized spacial score (nSPS) is 16.3. The first-order chi connectivity index (χ1) is 19.3. The molecule has 1 unspecified atom stereocenters. The van der Waals surface area contributed by atoms with Gasteiger partial charge in [-0.25, -0.2) is 9.78 Å². The van der Waals surface area contributed by atoms with Crippen molar-refractivity contribution < 1.29 is 29.0 Å². The van der Waals surface area contributed by atoms with Crippen molar-refractivity contribution in [3.8, 4) is 5.75 Å². The van der Waals surface area contributed by atoms with Crippen LogP contribution in [0.4, 0.5) is 5.13 Å². The monoisotopic (exact) mass is 560 g/mol. The number of carbonyl (C=O) groups excluding carboxylic acids is 3. The zero-order valence-corrected chi connectivity index (χ0v) is 23.6. The Morgan fingerprint density at radius 3 is 2.60 bits per heavy atom. The Labute approximate surface area is 237 Å². The maximum absolute atomic E-state index is 13.5. The molecule has 2 aromatic carbocycles. The number of Topliss-reactive ketones (excluding diaryl/α,β-unsaturated/α-hetero) is 1. The van der Waals surface area contributed by atoms with E-state index >= 15 is 0 Å². The minimum Gasteiger partial charge on any atom is -0.507 e. The number of nitrogens with zero attached hydrogens (tertiary/aromatic N) is 2.